The lowest BCUT2D eigenvalue weighted by Gasteiger charge is -2.08. The summed E-state index contributed by atoms with van der Waals surface area (Å²) < 4.78 is 1.07. The maximum Gasteiger partial charge on any atom is 0.0667 e. The average Bonchev–Trinajstić information content (AvgIpc) is 2.97. The molecule has 4 heteroatoms. The largest absolute Gasteiger partial charge is 0.361 e. The number of nitrogens with two attached hydrogens (primary N) is 1. The van der Waals surface area contributed by atoms with Crippen molar-refractivity contribution in [1.29, 1.82) is 0 Å². The first kappa shape index (κ1) is 11.0. The van der Waals surface area contributed by atoms with Crippen molar-refractivity contribution in [2.45, 2.75) is 6.04 Å². The molecule has 0 saturated heterocycles. The second kappa shape index (κ2) is 4.29. The van der Waals surface area contributed by atoms with Gasteiger partial charge in [-0.15, -0.1) is 11.3 Å². The van der Waals surface area contributed by atoms with E-state index in [1.807, 2.05) is 18.3 Å². The molecule has 0 aliphatic carbocycles. The van der Waals surface area contributed by atoms with E-state index in [1.165, 1.54) is 10.3 Å². The molecule has 0 spiro atoms. The zero-order chi connectivity index (χ0) is 11.8. The van der Waals surface area contributed by atoms with E-state index in [-0.39, 0.29) is 6.04 Å². The van der Waals surface area contributed by atoms with Gasteiger partial charge in [-0.05, 0) is 35.2 Å². The first-order valence-electron chi connectivity index (χ1n) is 5.31. The average molecular weight is 307 g/mol. The Kier molecular flexibility index (Phi) is 2.78. The topological polar surface area (TPSA) is 41.8 Å². The molecule has 3 rings (SSSR count). The summed E-state index contributed by atoms with van der Waals surface area (Å²) in [6.07, 6.45) is 2.00. The number of aromatic nitrogens is 1. The number of aromatic amines is 1. The van der Waals surface area contributed by atoms with E-state index in [4.69, 9.17) is 5.73 Å². The van der Waals surface area contributed by atoms with Gasteiger partial charge in [-0.1, -0.05) is 22.0 Å². The van der Waals surface area contributed by atoms with Crippen LogP contribution in [0.5, 0.6) is 0 Å². The van der Waals surface area contributed by atoms with Crippen LogP contribution in [-0.4, -0.2) is 4.98 Å². The fourth-order valence-electron chi connectivity index (χ4n) is 1.99. The molecule has 86 valence electrons. The highest BCUT2D eigenvalue weighted by Crippen LogP contribution is 2.30. The third kappa shape index (κ3) is 1.92. The van der Waals surface area contributed by atoms with Gasteiger partial charge < -0.3 is 10.7 Å². The number of H-pyrrole nitrogens is 1. The molecule has 0 unspecified atom stereocenters. The van der Waals surface area contributed by atoms with Crippen LogP contribution in [-0.2, 0) is 0 Å². The number of halogens is 1. The van der Waals surface area contributed by atoms with Crippen LogP contribution in [0.4, 0.5) is 0 Å². The van der Waals surface area contributed by atoms with Crippen molar-refractivity contribution < 1.29 is 0 Å². The van der Waals surface area contributed by atoms with Gasteiger partial charge in [0.15, 0.2) is 0 Å². The number of rotatable bonds is 2. The minimum atomic E-state index is -0.0574. The molecule has 1 atom stereocenters. The maximum absolute atomic E-state index is 6.30. The molecule has 17 heavy (non-hydrogen) atoms. The zero-order valence-electron chi connectivity index (χ0n) is 8.98. The minimum absolute atomic E-state index is 0.0574. The summed E-state index contributed by atoms with van der Waals surface area (Å²) in [5.74, 6) is 0. The van der Waals surface area contributed by atoms with Crippen LogP contribution >= 0.6 is 27.3 Å². The van der Waals surface area contributed by atoms with Crippen LogP contribution < -0.4 is 5.73 Å². The van der Waals surface area contributed by atoms with E-state index < -0.39 is 0 Å². The van der Waals surface area contributed by atoms with Crippen molar-refractivity contribution in [1.82, 2.24) is 4.98 Å². The fraction of sp³-hybridized carbons (Fsp3) is 0.0769. The molecule has 2 heterocycles. The Morgan fingerprint density at radius 1 is 1.29 bits per heavy atom. The van der Waals surface area contributed by atoms with Gasteiger partial charge in [-0.2, -0.15) is 0 Å². The van der Waals surface area contributed by atoms with Crippen LogP contribution in [0.15, 0.2) is 46.4 Å². The van der Waals surface area contributed by atoms with Crippen molar-refractivity contribution in [3.63, 3.8) is 0 Å². The molecule has 0 bridgehead atoms. The van der Waals surface area contributed by atoms with E-state index >= 15 is 0 Å². The molecule has 0 amide bonds. The van der Waals surface area contributed by atoms with Crippen molar-refractivity contribution in [3.8, 4) is 0 Å². The molecule has 3 N–H and O–H groups in total. The van der Waals surface area contributed by atoms with Crippen LogP contribution in [0.25, 0.3) is 10.9 Å². The van der Waals surface area contributed by atoms with Crippen molar-refractivity contribution in [2.75, 3.05) is 0 Å². The Labute approximate surface area is 112 Å². The molecule has 0 aliphatic heterocycles. The van der Waals surface area contributed by atoms with E-state index in [2.05, 4.69) is 44.5 Å². The lowest BCUT2D eigenvalue weighted by atomic mass is 10.1. The van der Waals surface area contributed by atoms with Crippen LogP contribution in [0.2, 0.25) is 0 Å². The van der Waals surface area contributed by atoms with Gasteiger partial charge >= 0.3 is 0 Å². The highest BCUT2D eigenvalue weighted by Gasteiger charge is 2.14. The van der Waals surface area contributed by atoms with E-state index in [9.17, 15) is 0 Å². The second-order valence-corrected chi connectivity index (χ2v) is 5.82. The molecular formula is C13H11BrN2S. The van der Waals surface area contributed by atoms with E-state index in [1.54, 1.807) is 11.3 Å². The maximum atomic E-state index is 6.30. The van der Waals surface area contributed by atoms with Crippen molar-refractivity contribution in [3.05, 3.63) is 56.8 Å². The molecular weight excluding hydrogens is 296 g/mol. The molecule has 0 fully saturated rings. The van der Waals surface area contributed by atoms with Crippen LogP contribution in [0.1, 0.15) is 16.5 Å². The quantitative estimate of drug-likeness (QED) is 0.737. The smallest absolute Gasteiger partial charge is 0.0667 e. The monoisotopic (exact) mass is 306 g/mol. The number of nitrogens with one attached hydrogen (secondary N) is 1. The Morgan fingerprint density at radius 3 is 2.94 bits per heavy atom. The molecule has 0 radical (unpaired) electrons. The second-order valence-electron chi connectivity index (χ2n) is 3.93. The molecule has 3 aromatic rings. The first-order chi connectivity index (χ1) is 8.25. The Bertz CT molecular complexity index is 643. The highest BCUT2D eigenvalue weighted by molar-refractivity contribution is 9.10. The highest BCUT2D eigenvalue weighted by atomic mass is 79.9. The Hall–Kier alpha value is -1.10. The van der Waals surface area contributed by atoms with Gasteiger partial charge in [0.1, 0.15) is 0 Å². The van der Waals surface area contributed by atoms with Gasteiger partial charge in [-0.25, -0.2) is 0 Å². The normalized spacial score (nSPS) is 13.1. The lowest BCUT2D eigenvalue weighted by Crippen LogP contribution is -2.09. The summed E-state index contributed by atoms with van der Waals surface area (Å²) in [5, 5.41) is 3.24. The molecule has 2 nitrogen and oxygen atoms in total. The zero-order valence-corrected chi connectivity index (χ0v) is 11.4. The first-order valence-corrected chi connectivity index (χ1v) is 6.98. The third-order valence-corrected chi connectivity index (χ3v) is 4.31. The predicted octanol–water partition coefficient (Wildman–Crippen LogP) is 4.04. The summed E-state index contributed by atoms with van der Waals surface area (Å²) >= 11 is 5.19. The standard InChI is InChI=1S/C13H11BrN2S/c14-8-3-4-11-9(6-8)10(7-16-11)13(15)12-2-1-5-17-12/h1-7,13,16H,15H2/t13-/m1/s1. The van der Waals surface area contributed by atoms with Gasteiger partial charge in [0, 0.05) is 26.4 Å². The summed E-state index contributed by atoms with van der Waals surface area (Å²) in [6.45, 7) is 0. The molecule has 0 saturated carbocycles. The van der Waals surface area contributed by atoms with Crippen LogP contribution in [0.3, 0.4) is 0 Å². The van der Waals surface area contributed by atoms with E-state index in [0.29, 0.717) is 0 Å². The SMILES string of the molecule is N[C@@H](c1cccs1)c1c[nH]c2ccc(Br)cc12. The number of thiophene rings is 1. The number of benzene rings is 1. The van der Waals surface area contributed by atoms with Gasteiger partial charge in [0.05, 0.1) is 6.04 Å². The summed E-state index contributed by atoms with van der Waals surface area (Å²) in [7, 11) is 0. The van der Waals surface area contributed by atoms with Gasteiger partial charge in [0.25, 0.3) is 0 Å². The number of hydrogen-bond acceptors (Lipinski definition) is 2. The van der Waals surface area contributed by atoms with E-state index in [0.717, 1.165) is 15.6 Å². The molecule has 0 aliphatic rings. The number of fused-ring (bicyclic) bond motifs is 1. The number of hydrogen-bond donors (Lipinski definition) is 2. The summed E-state index contributed by atoms with van der Waals surface area (Å²) in [5.41, 5.74) is 8.56. The van der Waals surface area contributed by atoms with Crippen molar-refractivity contribution in [2.24, 2.45) is 5.73 Å². The summed E-state index contributed by atoms with van der Waals surface area (Å²) in [4.78, 5) is 4.45. The third-order valence-electron chi connectivity index (χ3n) is 2.86. The molecule has 2 aromatic heterocycles. The lowest BCUT2D eigenvalue weighted by molar-refractivity contribution is 0.903. The van der Waals surface area contributed by atoms with Gasteiger partial charge in [0.2, 0.25) is 0 Å². The van der Waals surface area contributed by atoms with Crippen LogP contribution in [0, 0.1) is 0 Å². The Balaban J connectivity index is 2.14. The fourth-order valence-corrected chi connectivity index (χ4v) is 3.10. The van der Waals surface area contributed by atoms with Crippen molar-refractivity contribution >= 4 is 38.2 Å². The Morgan fingerprint density at radius 2 is 2.18 bits per heavy atom. The molecule has 1 aromatic carbocycles. The van der Waals surface area contributed by atoms with Gasteiger partial charge in [-0.3, -0.25) is 0 Å². The summed E-state index contributed by atoms with van der Waals surface area (Å²) in [6, 6.07) is 10.2. The predicted molar refractivity (Wildman–Crippen MR) is 76.3 cm³/mol. The minimum Gasteiger partial charge on any atom is -0.361 e.